The first-order valence-electron chi connectivity index (χ1n) is 5.82. The lowest BCUT2D eigenvalue weighted by Gasteiger charge is -2.12. The molecule has 5 heteroatoms. The number of Topliss-reactive ketones (excluding diaryl/α,β-unsaturated/α-hetero) is 1. The maximum Gasteiger partial charge on any atom is 0.163 e. The first kappa shape index (κ1) is 14.7. The van der Waals surface area contributed by atoms with Gasteiger partial charge in [0.2, 0.25) is 0 Å². The maximum absolute atomic E-state index is 13.5. The number of ketones is 1. The molecule has 0 aliphatic rings. The van der Waals surface area contributed by atoms with Crippen molar-refractivity contribution in [3.63, 3.8) is 0 Å². The van der Waals surface area contributed by atoms with Crippen molar-refractivity contribution in [2.24, 2.45) is 0 Å². The van der Waals surface area contributed by atoms with Gasteiger partial charge >= 0.3 is 0 Å². The minimum atomic E-state index is -0.472. The third-order valence-electron chi connectivity index (χ3n) is 2.75. The van der Waals surface area contributed by atoms with Gasteiger partial charge in [0.25, 0.3) is 0 Å². The maximum atomic E-state index is 13.5. The zero-order chi connectivity index (χ0) is 14.9. The molecule has 0 bridgehead atoms. The van der Waals surface area contributed by atoms with E-state index in [9.17, 15) is 13.6 Å². The SMILES string of the molecule is CC(=O)c1cc(F)c(C)cc1Oc1ccc(F)cc1Br. The van der Waals surface area contributed by atoms with E-state index in [1.165, 1.54) is 31.2 Å². The molecule has 0 amide bonds. The Morgan fingerprint density at radius 3 is 2.45 bits per heavy atom. The number of hydrogen-bond donors (Lipinski definition) is 0. The van der Waals surface area contributed by atoms with Crippen LogP contribution in [0, 0.1) is 18.6 Å². The summed E-state index contributed by atoms with van der Waals surface area (Å²) < 4.78 is 32.5. The molecule has 0 saturated heterocycles. The number of carbonyl (C=O) groups excluding carboxylic acids is 1. The summed E-state index contributed by atoms with van der Waals surface area (Å²) in [5.74, 6) is -0.604. The van der Waals surface area contributed by atoms with E-state index < -0.39 is 11.6 Å². The smallest absolute Gasteiger partial charge is 0.163 e. The summed E-state index contributed by atoms with van der Waals surface area (Å²) in [6, 6.07) is 6.51. The van der Waals surface area contributed by atoms with E-state index in [1.54, 1.807) is 6.92 Å². The molecule has 2 nitrogen and oxygen atoms in total. The van der Waals surface area contributed by atoms with Gasteiger partial charge in [-0.1, -0.05) is 0 Å². The van der Waals surface area contributed by atoms with Gasteiger partial charge in [-0.15, -0.1) is 0 Å². The molecule has 0 atom stereocenters. The van der Waals surface area contributed by atoms with Gasteiger partial charge in [0, 0.05) is 0 Å². The van der Waals surface area contributed by atoms with Crippen LogP contribution in [-0.2, 0) is 0 Å². The zero-order valence-electron chi connectivity index (χ0n) is 10.8. The fourth-order valence-corrected chi connectivity index (χ4v) is 2.12. The van der Waals surface area contributed by atoms with Crippen molar-refractivity contribution in [2.75, 3.05) is 0 Å². The molecular formula is C15H11BrF2O2. The van der Waals surface area contributed by atoms with E-state index in [4.69, 9.17) is 4.74 Å². The van der Waals surface area contributed by atoms with Gasteiger partial charge in [-0.25, -0.2) is 8.78 Å². The van der Waals surface area contributed by atoms with E-state index in [0.29, 0.717) is 15.8 Å². The molecule has 2 rings (SSSR count). The molecule has 0 saturated carbocycles. The van der Waals surface area contributed by atoms with Crippen LogP contribution in [0.15, 0.2) is 34.8 Å². The fourth-order valence-electron chi connectivity index (χ4n) is 1.69. The molecule has 2 aromatic carbocycles. The predicted octanol–water partition coefficient (Wildman–Crippen LogP) is 5.03. The minimum Gasteiger partial charge on any atom is -0.455 e. The van der Waals surface area contributed by atoms with E-state index in [0.717, 1.165) is 6.07 Å². The summed E-state index contributed by atoms with van der Waals surface area (Å²) in [7, 11) is 0. The van der Waals surface area contributed by atoms with Crippen molar-refractivity contribution in [3.8, 4) is 11.5 Å². The molecule has 20 heavy (non-hydrogen) atoms. The Morgan fingerprint density at radius 2 is 1.85 bits per heavy atom. The second-order valence-electron chi connectivity index (χ2n) is 4.33. The van der Waals surface area contributed by atoms with Crippen molar-refractivity contribution < 1.29 is 18.3 Å². The van der Waals surface area contributed by atoms with E-state index in [1.807, 2.05) is 0 Å². The van der Waals surface area contributed by atoms with Crippen LogP contribution in [0.25, 0.3) is 0 Å². The fraction of sp³-hybridized carbons (Fsp3) is 0.133. The monoisotopic (exact) mass is 340 g/mol. The zero-order valence-corrected chi connectivity index (χ0v) is 12.4. The highest BCUT2D eigenvalue weighted by Gasteiger charge is 2.14. The minimum absolute atomic E-state index is 0.143. The molecule has 0 spiro atoms. The Kier molecular flexibility index (Phi) is 4.18. The van der Waals surface area contributed by atoms with Crippen LogP contribution in [0.4, 0.5) is 8.78 Å². The Hall–Kier alpha value is -1.75. The Bertz CT molecular complexity index is 684. The summed E-state index contributed by atoms with van der Waals surface area (Å²) >= 11 is 3.18. The lowest BCUT2D eigenvalue weighted by molar-refractivity contribution is 0.101. The Balaban J connectivity index is 2.47. The highest BCUT2D eigenvalue weighted by molar-refractivity contribution is 9.10. The van der Waals surface area contributed by atoms with Crippen molar-refractivity contribution >= 4 is 21.7 Å². The average Bonchev–Trinajstić information content (AvgIpc) is 2.36. The summed E-state index contributed by atoms with van der Waals surface area (Å²) in [6.45, 7) is 2.91. The topological polar surface area (TPSA) is 26.3 Å². The summed E-state index contributed by atoms with van der Waals surface area (Å²) in [5.41, 5.74) is 0.507. The van der Waals surface area contributed by atoms with Crippen LogP contribution in [0.1, 0.15) is 22.8 Å². The molecular weight excluding hydrogens is 330 g/mol. The molecule has 0 aromatic heterocycles. The van der Waals surface area contributed by atoms with Crippen molar-refractivity contribution in [1.82, 2.24) is 0 Å². The number of halogens is 3. The van der Waals surface area contributed by atoms with Gasteiger partial charge in [0.1, 0.15) is 23.1 Å². The number of ether oxygens (including phenoxy) is 1. The summed E-state index contributed by atoms with van der Waals surface area (Å²) in [5, 5.41) is 0. The molecule has 0 N–H and O–H groups in total. The van der Waals surface area contributed by atoms with Crippen LogP contribution < -0.4 is 4.74 Å². The lowest BCUT2D eigenvalue weighted by Crippen LogP contribution is -2.00. The normalized spacial score (nSPS) is 10.4. The summed E-state index contributed by atoms with van der Waals surface area (Å²) in [6.07, 6.45) is 0. The molecule has 0 aliphatic carbocycles. The largest absolute Gasteiger partial charge is 0.455 e. The van der Waals surface area contributed by atoms with Gasteiger partial charge in [0.15, 0.2) is 5.78 Å². The van der Waals surface area contributed by atoms with Crippen molar-refractivity contribution in [1.29, 1.82) is 0 Å². The molecule has 0 aliphatic heterocycles. The lowest BCUT2D eigenvalue weighted by atomic mass is 10.1. The Labute approximate surface area is 123 Å². The highest BCUT2D eigenvalue weighted by Crippen LogP contribution is 2.33. The van der Waals surface area contributed by atoms with Crippen LogP contribution in [0.5, 0.6) is 11.5 Å². The third-order valence-corrected chi connectivity index (χ3v) is 3.37. The molecule has 0 unspecified atom stereocenters. The number of hydrogen-bond acceptors (Lipinski definition) is 2. The Morgan fingerprint density at radius 1 is 1.15 bits per heavy atom. The number of aryl methyl sites for hydroxylation is 1. The highest BCUT2D eigenvalue weighted by atomic mass is 79.9. The first-order valence-corrected chi connectivity index (χ1v) is 6.62. The molecule has 0 radical (unpaired) electrons. The van der Waals surface area contributed by atoms with Crippen molar-refractivity contribution in [2.45, 2.75) is 13.8 Å². The molecule has 0 heterocycles. The third kappa shape index (κ3) is 3.04. The van der Waals surface area contributed by atoms with Crippen LogP contribution >= 0.6 is 15.9 Å². The van der Waals surface area contributed by atoms with Gasteiger partial charge in [-0.05, 0) is 65.7 Å². The van der Waals surface area contributed by atoms with Gasteiger partial charge < -0.3 is 4.74 Å². The predicted molar refractivity (Wildman–Crippen MR) is 75.3 cm³/mol. The van der Waals surface area contributed by atoms with Crippen LogP contribution in [0.3, 0.4) is 0 Å². The number of benzene rings is 2. The summed E-state index contributed by atoms with van der Waals surface area (Å²) in [4.78, 5) is 11.5. The van der Waals surface area contributed by atoms with Crippen LogP contribution in [0.2, 0.25) is 0 Å². The van der Waals surface area contributed by atoms with Gasteiger partial charge in [-0.3, -0.25) is 4.79 Å². The van der Waals surface area contributed by atoms with E-state index in [-0.39, 0.29) is 17.1 Å². The van der Waals surface area contributed by atoms with Crippen molar-refractivity contribution in [3.05, 3.63) is 57.6 Å². The quantitative estimate of drug-likeness (QED) is 0.732. The number of carbonyl (C=O) groups is 1. The van der Waals surface area contributed by atoms with Gasteiger partial charge in [0.05, 0.1) is 10.0 Å². The standard InChI is InChI=1S/C15H11BrF2O2/c1-8-5-15(11(9(2)19)7-13(8)18)20-14-4-3-10(17)6-12(14)16/h3-7H,1-2H3. The van der Waals surface area contributed by atoms with E-state index in [2.05, 4.69) is 15.9 Å². The molecule has 2 aromatic rings. The molecule has 104 valence electrons. The second kappa shape index (κ2) is 5.71. The van der Waals surface area contributed by atoms with E-state index >= 15 is 0 Å². The average molecular weight is 341 g/mol. The second-order valence-corrected chi connectivity index (χ2v) is 5.18. The number of rotatable bonds is 3. The van der Waals surface area contributed by atoms with Crippen LogP contribution in [-0.4, -0.2) is 5.78 Å². The molecule has 0 fully saturated rings. The van der Waals surface area contributed by atoms with Gasteiger partial charge in [-0.2, -0.15) is 0 Å². The first-order chi connectivity index (χ1) is 9.38.